The van der Waals surface area contributed by atoms with Crippen LogP contribution in [-0.2, 0) is 4.74 Å². The van der Waals surface area contributed by atoms with Crippen LogP contribution in [0.1, 0.15) is 20.3 Å². The molecule has 0 aliphatic rings. The molecule has 0 aliphatic heterocycles. The topological polar surface area (TPSA) is 9.23 Å². The highest BCUT2D eigenvalue weighted by Crippen LogP contribution is 1.98. The molecule has 0 N–H and O–H groups in total. The van der Waals surface area contributed by atoms with Gasteiger partial charge in [0.2, 0.25) is 0 Å². The molecule has 0 heterocycles. The van der Waals surface area contributed by atoms with Crippen LogP contribution in [0.2, 0.25) is 0 Å². The fourth-order valence-electron chi connectivity index (χ4n) is 0.321. The number of ether oxygens (including phenoxy) is 1. The maximum absolute atomic E-state index is 4.88. The van der Waals surface area contributed by atoms with Gasteiger partial charge in [-0.2, -0.15) is 0 Å². The zero-order valence-corrected chi connectivity index (χ0v) is 6.20. The second-order valence-electron chi connectivity index (χ2n) is 1.94. The van der Waals surface area contributed by atoms with Crippen molar-refractivity contribution >= 4 is 17.8 Å². The van der Waals surface area contributed by atoms with E-state index < -0.39 is 0 Å². The molecule has 0 saturated carbocycles. The Bertz CT molecular complexity index is 63.5. The lowest BCUT2D eigenvalue weighted by Crippen LogP contribution is -2.01. The minimum atomic E-state index is 0.634. The summed E-state index contributed by atoms with van der Waals surface area (Å²) < 4.78 is 4.88. The Kier molecular flexibility index (Phi) is 4.97. The Morgan fingerprint density at radius 3 is 2.75 bits per heavy atom. The number of hydrogen-bond donors (Lipinski definition) is 0. The molecule has 0 aliphatic carbocycles. The van der Waals surface area contributed by atoms with Crippen LogP contribution in [0.25, 0.3) is 0 Å². The highest BCUT2D eigenvalue weighted by molar-refractivity contribution is 7.78. The van der Waals surface area contributed by atoms with Crippen LogP contribution in [-0.4, -0.2) is 12.2 Å². The van der Waals surface area contributed by atoms with Gasteiger partial charge in [-0.05, 0) is 18.1 Å². The smallest absolute Gasteiger partial charge is 0.146 e. The van der Waals surface area contributed by atoms with Crippen LogP contribution in [0.3, 0.4) is 0 Å². The summed E-state index contributed by atoms with van der Waals surface area (Å²) in [5, 5.41) is 0. The van der Waals surface area contributed by atoms with Crippen LogP contribution in [0.5, 0.6) is 0 Å². The molecule has 1 unspecified atom stereocenters. The number of thiocarbonyl (C=S) groups is 1. The van der Waals surface area contributed by atoms with E-state index in [1.54, 1.807) is 0 Å². The molecule has 0 amide bonds. The highest BCUT2D eigenvalue weighted by atomic mass is 32.1. The van der Waals surface area contributed by atoms with Crippen molar-refractivity contribution in [3.05, 3.63) is 0 Å². The third kappa shape index (κ3) is 4.06. The summed E-state index contributed by atoms with van der Waals surface area (Å²) in [7, 11) is 0. The Balaban J connectivity index is 2.97. The molecule has 0 bridgehead atoms. The van der Waals surface area contributed by atoms with Gasteiger partial charge in [-0.15, -0.1) is 0 Å². The van der Waals surface area contributed by atoms with E-state index in [0.29, 0.717) is 5.92 Å². The van der Waals surface area contributed by atoms with E-state index in [1.807, 2.05) is 0 Å². The van der Waals surface area contributed by atoms with Crippen LogP contribution in [0, 0.1) is 5.92 Å². The van der Waals surface area contributed by atoms with E-state index in [-0.39, 0.29) is 0 Å². The van der Waals surface area contributed by atoms with Gasteiger partial charge in [0.15, 0.2) is 0 Å². The summed E-state index contributed by atoms with van der Waals surface area (Å²) in [4.78, 5) is 0. The molecule has 8 heavy (non-hydrogen) atoms. The molecule has 48 valence electrons. The van der Waals surface area contributed by atoms with Crippen LogP contribution in [0.15, 0.2) is 0 Å². The van der Waals surface area contributed by atoms with E-state index in [0.717, 1.165) is 13.0 Å². The van der Waals surface area contributed by atoms with E-state index in [1.165, 1.54) is 5.55 Å². The first-order valence-corrected chi connectivity index (χ1v) is 3.33. The molecule has 0 aromatic carbocycles. The van der Waals surface area contributed by atoms with Gasteiger partial charge in [-0.3, -0.25) is 0 Å². The monoisotopic (exact) mass is 132 g/mol. The van der Waals surface area contributed by atoms with Crippen molar-refractivity contribution in [3.63, 3.8) is 0 Å². The zero-order chi connectivity index (χ0) is 6.41. The van der Waals surface area contributed by atoms with Crippen molar-refractivity contribution in [2.45, 2.75) is 20.3 Å². The molecule has 0 aromatic heterocycles. The van der Waals surface area contributed by atoms with Crippen molar-refractivity contribution in [2.24, 2.45) is 5.92 Å². The first-order chi connectivity index (χ1) is 3.81. The Labute approximate surface area is 56.0 Å². The molecule has 0 aromatic rings. The first kappa shape index (κ1) is 7.89. The van der Waals surface area contributed by atoms with E-state index in [2.05, 4.69) is 26.1 Å². The molecule has 0 spiro atoms. The van der Waals surface area contributed by atoms with E-state index in [4.69, 9.17) is 4.74 Å². The van der Waals surface area contributed by atoms with Crippen molar-refractivity contribution in [2.75, 3.05) is 6.61 Å². The normalized spacial score (nSPS) is 12.8. The lowest BCUT2D eigenvalue weighted by Gasteiger charge is -2.04. The first-order valence-electron chi connectivity index (χ1n) is 2.86. The minimum absolute atomic E-state index is 0.634. The van der Waals surface area contributed by atoms with Gasteiger partial charge in [0.1, 0.15) is 5.55 Å². The lowest BCUT2D eigenvalue weighted by molar-refractivity contribution is 0.261. The van der Waals surface area contributed by atoms with Crippen LogP contribution in [0.4, 0.5) is 0 Å². The largest absolute Gasteiger partial charge is 0.490 e. The van der Waals surface area contributed by atoms with E-state index in [9.17, 15) is 0 Å². The number of hydrogen-bond acceptors (Lipinski definition) is 2. The summed E-state index contributed by atoms with van der Waals surface area (Å²) in [5.41, 5.74) is 1.33. The minimum Gasteiger partial charge on any atom is -0.490 e. The zero-order valence-electron chi connectivity index (χ0n) is 5.39. The SMILES string of the molecule is CCC(C)COC=S. The van der Waals surface area contributed by atoms with Crippen molar-refractivity contribution in [1.29, 1.82) is 0 Å². The summed E-state index contributed by atoms with van der Waals surface area (Å²) in [6.07, 6.45) is 1.16. The van der Waals surface area contributed by atoms with Crippen LogP contribution < -0.4 is 0 Å². The fourth-order valence-corrected chi connectivity index (χ4v) is 0.400. The molecule has 1 nitrogen and oxygen atoms in total. The molecular weight excluding hydrogens is 120 g/mol. The van der Waals surface area contributed by atoms with Gasteiger partial charge in [0.25, 0.3) is 0 Å². The third-order valence-electron chi connectivity index (χ3n) is 1.15. The Hall–Kier alpha value is -0.110. The quantitative estimate of drug-likeness (QED) is 0.541. The van der Waals surface area contributed by atoms with Crippen molar-refractivity contribution in [3.8, 4) is 0 Å². The van der Waals surface area contributed by atoms with Gasteiger partial charge >= 0.3 is 0 Å². The van der Waals surface area contributed by atoms with Gasteiger partial charge < -0.3 is 4.74 Å². The van der Waals surface area contributed by atoms with Crippen molar-refractivity contribution in [1.82, 2.24) is 0 Å². The predicted molar refractivity (Wildman–Crippen MR) is 39.1 cm³/mol. The maximum Gasteiger partial charge on any atom is 0.146 e. The summed E-state index contributed by atoms with van der Waals surface area (Å²) in [6, 6.07) is 0. The molecule has 2 heteroatoms. The van der Waals surface area contributed by atoms with Gasteiger partial charge in [0, 0.05) is 0 Å². The second-order valence-corrected chi connectivity index (χ2v) is 2.14. The van der Waals surface area contributed by atoms with Gasteiger partial charge in [-0.1, -0.05) is 20.3 Å². The molecule has 0 fully saturated rings. The molecule has 0 saturated heterocycles. The maximum atomic E-state index is 4.88. The molecular formula is C6H12OS. The summed E-state index contributed by atoms with van der Waals surface area (Å²) in [5.74, 6) is 0.634. The molecule has 0 radical (unpaired) electrons. The average molecular weight is 132 g/mol. The lowest BCUT2D eigenvalue weighted by atomic mass is 10.1. The van der Waals surface area contributed by atoms with Crippen molar-refractivity contribution < 1.29 is 4.74 Å². The van der Waals surface area contributed by atoms with E-state index >= 15 is 0 Å². The van der Waals surface area contributed by atoms with Crippen LogP contribution >= 0.6 is 12.2 Å². The Morgan fingerprint density at radius 2 is 2.38 bits per heavy atom. The van der Waals surface area contributed by atoms with Gasteiger partial charge in [-0.25, -0.2) is 0 Å². The summed E-state index contributed by atoms with van der Waals surface area (Å²) >= 11 is 4.47. The molecule has 1 atom stereocenters. The highest BCUT2D eigenvalue weighted by Gasteiger charge is 1.94. The predicted octanol–water partition coefficient (Wildman–Crippen LogP) is 2.01. The van der Waals surface area contributed by atoms with Gasteiger partial charge in [0.05, 0.1) is 6.61 Å². The second kappa shape index (κ2) is 5.04. The average Bonchev–Trinajstić information content (AvgIpc) is 1.83. The summed E-state index contributed by atoms with van der Waals surface area (Å²) in [6.45, 7) is 5.04. The standard InChI is InChI=1S/C6H12OS/c1-3-6(2)4-7-5-8/h5-6H,3-4H2,1-2H3. The number of rotatable bonds is 4. The Morgan fingerprint density at radius 1 is 1.75 bits per heavy atom. The third-order valence-corrected chi connectivity index (χ3v) is 1.28. The molecule has 0 rings (SSSR count). The fraction of sp³-hybridized carbons (Fsp3) is 0.833.